The first kappa shape index (κ1) is 29.3. The van der Waals surface area contributed by atoms with Gasteiger partial charge in [-0.05, 0) is 69.8 Å². The third-order valence-corrected chi connectivity index (χ3v) is 13.2. The van der Waals surface area contributed by atoms with Gasteiger partial charge in [0.25, 0.3) is 8.32 Å². The molecule has 200 valence electrons. The van der Waals surface area contributed by atoms with Crippen molar-refractivity contribution in [2.75, 3.05) is 13.2 Å². The highest BCUT2D eigenvalue weighted by molar-refractivity contribution is 7.48. The minimum Gasteiger partial charge on any atom is -0.407 e. The molecular formula is C29H45O5PSi. The summed E-state index contributed by atoms with van der Waals surface area (Å²) in [5.41, 5.74) is -1.53. The SMILES string of the molecule is CC(C)(C)OP(=O)(OCC1(CO[Si](c2ccccc2)(c2ccccc2)C(C)(C)C)CC1)OC(C)(C)C. The van der Waals surface area contributed by atoms with Gasteiger partial charge in [0.2, 0.25) is 0 Å². The molecule has 0 unspecified atom stereocenters. The van der Waals surface area contributed by atoms with Crippen LogP contribution < -0.4 is 10.4 Å². The fraction of sp³-hybridized carbons (Fsp3) is 0.586. The lowest BCUT2D eigenvalue weighted by Gasteiger charge is -2.44. The van der Waals surface area contributed by atoms with E-state index in [0.717, 1.165) is 12.8 Å². The Morgan fingerprint density at radius 2 is 1.14 bits per heavy atom. The summed E-state index contributed by atoms with van der Waals surface area (Å²) in [7, 11) is -6.43. The summed E-state index contributed by atoms with van der Waals surface area (Å²) >= 11 is 0. The molecule has 0 spiro atoms. The molecule has 0 bridgehead atoms. The lowest BCUT2D eigenvalue weighted by atomic mass is 10.1. The van der Waals surface area contributed by atoms with Gasteiger partial charge in [0.05, 0.1) is 17.8 Å². The number of benzene rings is 2. The van der Waals surface area contributed by atoms with Gasteiger partial charge in [0, 0.05) is 12.0 Å². The van der Waals surface area contributed by atoms with Crippen molar-refractivity contribution >= 4 is 26.5 Å². The smallest absolute Gasteiger partial charge is 0.407 e. The average Bonchev–Trinajstić information content (AvgIpc) is 3.51. The second kappa shape index (κ2) is 10.5. The molecule has 0 amide bonds. The Morgan fingerprint density at radius 1 is 0.722 bits per heavy atom. The molecule has 1 aliphatic carbocycles. The molecule has 1 fully saturated rings. The Labute approximate surface area is 219 Å². The van der Waals surface area contributed by atoms with E-state index in [1.54, 1.807) is 0 Å². The van der Waals surface area contributed by atoms with Gasteiger partial charge in [0.1, 0.15) is 0 Å². The van der Waals surface area contributed by atoms with Crippen molar-refractivity contribution in [1.29, 1.82) is 0 Å². The maximum absolute atomic E-state index is 13.6. The van der Waals surface area contributed by atoms with Gasteiger partial charge < -0.3 is 4.43 Å². The summed E-state index contributed by atoms with van der Waals surface area (Å²) < 4.78 is 38.5. The van der Waals surface area contributed by atoms with Crippen LogP contribution in [0, 0.1) is 5.41 Å². The predicted octanol–water partition coefficient (Wildman–Crippen LogP) is 7.10. The first-order valence-electron chi connectivity index (χ1n) is 12.9. The second-order valence-corrected chi connectivity index (χ2v) is 18.9. The van der Waals surface area contributed by atoms with Gasteiger partial charge in [0.15, 0.2) is 0 Å². The summed E-state index contributed by atoms with van der Waals surface area (Å²) in [4.78, 5) is 0. The second-order valence-electron chi connectivity index (χ2n) is 13.1. The monoisotopic (exact) mass is 532 g/mol. The lowest BCUT2D eigenvalue weighted by Crippen LogP contribution is -2.67. The largest absolute Gasteiger partial charge is 0.475 e. The zero-order valence-corrected chi connectivity index (χ0v) is 25.5. The van der Waals surface area contributed by atoms with E-state index in [4.69, 9.17) is 18.0 Å². The molecule has 1 saturated carbocycles. The molecule has 0 aromatic heterocycles. The van der Waals surface area contributed by atoms with Crippen LogP contribution in [-0.4, -0.2) is 32.7 Å². The van der Waals surface area contributed by atoms with E-state index < -0.39 is 27.3 Å². The molecule has 3 rings (SSSR count). The molecule has 7 heteroatoms. The minimum atomic E-state index is -3.78. The molecule has 2 aromatic rings. The summed E-state index contributed by atoms with van der Waals surface area (Å²) in [5.74, 6) is 0. The van der Waals surface area contributed by atoms with Crippen LogP contribution in [0.3, 0.4) is 0 Å². The van der Waals surface area contributed by atoms with Crippen LogP contribution >= 0.6 is 7.82 Å². The molecule has 1 aliphatic rings. The van der Waals surface area contributed by atoms with Crippen LogP contribution in [0.25, 0.3) is 0 Å². The molecule has 5 nitrogen and oxygen atoms in total. The Balaban J connectivity index is 1.88. The predicted molar refractivity (Wildman–Crippen MR) is 150 cm³/mol. The summed E-state index contributed by atoms with van der Waals surface area (Å²) in [5, 5.41) is 2.39. The maximum Gasteiger partial charge on any atom is 0.475 e. The quantitative estimate of drug-likeness (QED) is 0.241. The molecule has 0 heterocycles. The molecule has 0 N–H and O–H groups in total. The standard InChI is InChI=1S/C29H45O5PSi/c1-26(2,3)33-35(30,34-27(4,5)6)31-22-29(20-21-29)23-32-36(28(7,8)9,24-16-12-10-13-17-24)25-18-14-11-15-19-25/h10-19H,20-23H2,1-9H3. The zero-order chi connectivity index (χ0) is 26.9. The Hall–Kier alpha value is -1.27. The van der Waals surface area contributed by atoms with Crippen LogP contribution in [0.4, 0.5) is 0 Å². The van der Waals surface area contributed by atoms with Gasteiger partial charge in [-0.25, -0.2) is 4.57 Å². The normalized spacial score (nSPS) is 16.7. The summed E-state index contributed by atoms with van der Waals surface area (Å²) in [6.07, 6.45) is 1.91. The number of phosphoric ester groups is 1. The molecular weight excluding hydrogens is 487 g/mol. The highest BCUT2D eigenvalue weighted by atomic mass is 31.2. The topological polar surface area (TPSA) is 54.0 Å². The fourth-order valence-electron chi connectivity index (χ4n) is 4.49. The Bertz CT molecular complexity index is 972. The van der Waals surface area contributed by atoms with Crippen LogP contribution in [-0.2, 0) is 22.6 Å². The Morgan fingerprint density at radius 3 is 1.47 bits per heavy atom. The van der Waals surface area contributed by atoms with Crippen molar-refractivity contribution < 1.29 is 22.6 Å². The molecule has 0 radical (unpaired) electrons. The van der Waals surface area contributed by atoms with E-state index in [-0.39, 0.29) is 17.1 Å². The van der Waals surface area contributed by atoms with Crippen LogP contribution in [0.1, 0.15) is 75.2 Å². The van der Waals surface area contributed by atoms with Crippen molar-refractivity contribution in [2.24, 2.45) is 5.41 Å². The van der Waals surface area contributed by atoms with Gasteiger partial charge >= 0.3 is 7.82 Å². The molecule has 2 aromatic carbocycles. The van der Waals surface area contributed by atoms with Crippen molar-refractivity contribution in [1.82, 2.24) is 0 Å². The molecule has 0 atom stereocenters. The van der Waals surface area contributed by atoms with E-state index in [1.807, 2.05) is 41.5 Å². The third-order valence-electron chi connectivity index (χ3n) is 6.27. The van der Waals surface area contributed by atoms with Gasteiger partial charge in [-0.3, -0.25) is 13.6 Å². The molecule has 0 saturated heterocycles. The fourth-order valence-corrected chi connectivity index (χ4v) is 11.1. The highest BCUT2D eigenvalue weighted by Gasteiger charge is 2.54. The van der Waals surface area contributed by atoms with Gasteiger partial charge in [-0.15, -0.1) is 0 Å². The third kappa shape index (κ3) is 7.40. The van der Waals surface area contributed by atoms with Gasteiger partial charge in [-0.2, -0.15) is 0 Å². The van der Waals surface area contributed by atoms with E-state index >= 15 is 0 Å². The van der Waals surface area contributed by atoms with Gasteiger partial charge in [-0.1, -0.05) is 81.4 Å². The maximum atomic E-state index is 13.6. The van der Waals surface area contributed by atoms with Crippen LogP contribution in [0.2, 0.25) is 5.04 Å². The number of rotatable bonds is 10. The minimum absolute atomic E-state index is 0.105. The summed E-state index contributed by atoms with van der Waals surface area (Å²) in [6, 6.07) is 21.3. The number of hydrogen-bond acceptors (Lipinski definition) is 5. The van der Waals surface area contributed by atoms with E-state index in [9.17, 15) is 4.57 Å². The van der Waals surface area contributed by atoms with Crippen LogP contribution in [0.5, 0.6) is 0 Å². The molecule has 0 aliphatic heterocycles. The first-order valence-corrected chi connectivity index (χ1v) is 16.3. The van der Waals surface area contributed by atoms with E-state index in [0.29, 0.717) is 6.61 Å². The zero-order valence-electron chi connectivity index (χ0n) is 23.6. The highest BCUT2D eigenvalue weighted by Crippen LogP contribution is 2.58. The number of hydrogen-bond donors (Lipinski definition) is 0. The number of phosphoric acid groups is 1. The van der Waals surface area contributed by atoms with Crippen molar-refractivity contribution in [2.45, 2.75) is 91.4 Å². The van der Waals surface area contributed by atoms with Crippen molar-refractivity contribution in [3.05, 3.63) is 60.7 Å². The first-order chi connectivity index (χ1) is 16.5. The average molecular weight is 533 g/mol. The van der Waals surface area contributed by atoms with Crippen molar-refractivity contribution in [3.63, 3.8) is 0 Å². The Kier molecular flexibility index (Phi) is 8.52. The summed E-state index contributed by atoms with van der Waals surface area (Å²) in [6.45, 7) is 18.8. The van der Waals surface area contributed by atoms with Crippen LogP contribution in [0.15, 0.2) is 60.7 Å². The van der Waals surface area contributed by atoms with E-state index in [1.165, 1.54) is 10.4 Å². The lowest BCUT2D eigenvalue weighted by molar-refractivity contribution is -0.00529. The molecule has 36 heavy (non-hydrogen) atoms. The van der Waals surface area contributed by atoms with Crippen molar-refractivity contribution in [3.8, 4) is 0 Å². The van der Waals surface area contributed by atoms with E-state index in [2.05, 4.69) is 81.4 Å².